The molecule has 1 atom stereocenters. The molecule has 0 spiro atoms. The topological polar surface area (TPSA) is 135 Å². The van der Waals surface area contributed by atoms with Crippen molar-refractivity contribution in [1.82, 2.24) is 35.9 Å². The van der Waals surface area contributed by atoms with Crippen LogP contribution in [0.4, 0.5) is 11.5 Å². The first-order chi connectivity index (χ1) is 15.0. The molecule has 0 aliphatic carbocycles. The number of carbonyl (C=O) groups excluding carboxylic acids is 2. The minimum atomic E-state index is -1.50. The van der Waals surface area contributed by atoms with E-state index in [1.807, 2.05) is 12.3 Å². The van der Waals surface area contributed by atoms with Crippen molar-refractivity contribution in [3.63, 3.8) is 0 Å². The summed E-state index contributed by atoms with van der Waals surface area (Å²) in [5, 5.41) is 15.5. The van der Waals surface area contributed by atoms with E-state index in [1.54, 1.807) is 28.7 Å². The van der Waals surface area contributed by atoms with Gasteiger partial charge in [0.15, 0.2) is 5.65 Å². The van der Waals surface area contributed by atoms with Crippen LogP contribution in [-0.4, -0.2) is 51.3 Å². The number of anilines is 2. The lowest BCUT2D eigenvalue weighted by Gasteiger charge is -2.22. The smallest absolute Gasteiger partial charge is 0.259 e. The van der Waals surface area contributed by atoms with Crippen LogP contribution in [0.25, 0.3) is 16.7 Å². The van der Waals surface area contributed by atoms with Crippen LogP contribution in [0.15, 0.2) is 29.4 Å². The van der Waals surface area contributed by atoms with Crippen LogP contribution in [-0.2, 0) is 21.0 Å². The highest BCUT2D eigenvalue weighted by Gasteiger charge is 2.44. The van der Waals surface area contributed by atoms with Gasteiger partial charge in [-0.05, 0) is 13.0 Å². The fourth-order valence-corrected chi connectivity index (χ4v) is 3.87. The van der Waals surface area contributed by atoms with Gasteiger partial charge in [-0.25, -0.2) is 14.6 Å². The number of amides is 2. The molecule has 12 heteroatoms. The quantitative estimate of drug-likeness (QED) is 0.428. The van der Waals surface area contributed by atoms with Crippen LogP contribution >= 0.6 is 11.3 Å². The van der Waals surface area contributed by atoms with Crippen LogP contribution in [0.2, 0.25) is 0 Å². The number of fused-ring (bicyclic) bond motifs is 1. The predicted molar refractivity (Wildman–Crippen MR) is 116 cm³/mol. The largest absolute Gasteiger partial charge is 0.359 e. The maximum Gasteiger partial charge on any atom is 0.259 e. The monoisotopic (exact) mass is 442 g/mol. The number of hydrogen-bond donors (Lipinski definition) is 4. The van der Waals surface area contributed by atoms with Gasteiger partial charge in [0.2, 0.25) is 11.5 Å². The van der Waals surface area contributed by atoms with E-state index in [9.17, 15) is 9.59 Å². The Morgan fingerprint density at radius 2 is 2.10 bits per heavy atom. The van der Waals surface area contributed by atoms with Crippen molar-refractivity contribution in [3.8, 4) is 0 Å². The van der Waals surface area contributed by atoms with E-state index in [1.165, 1.54) is 25.4 Å². The first kappa shape index (κ1) is 20.8. The Kier molecular flexibility index (Phi) is 5.57. The fourth-order valence-electron chi connectivity index (χ4n) is 3.39. The van der Waals surface area contributed by atoms with Gasteiger partial charge in [-0.1, -0.05) is 0 Å². The molecular formula is C19H22N8O3S. The van der Waals surface area contributed by atoms with E-state index >= 15 is 0 Å². The lowest BCUT2D eigenvalue weighted by Crippen LogP contribution is -2.48. The third-order valence-corrected chi connectivity index (χ3v) is 5.56. The number of nitrogens with one attached hydrogen (secondary N) is 4. The van der Waals surface area contributed by atoms with Crippen molar-refractivity contribution in [2.45, 2.75) is 25.5 Å². The van der Waals surface area contributed by atoms with Crippen molar-refractivity contribution in [2.24, 2.45) is 0 Å². The Labute approximate surface area is 181 Å². The molecule has 3 aromatic heterocycles. The normalized spacial score (nSPS) is 17.8. The fraction of sp³-hybridized carbons (Fsp3) is 0.316. The van der Waals surface area contributed by atoms with Crippen molar-refractivity contribution in [1.29, 1.82) is 0 Å². The average molecular weight is 443 g/mol. The summed E-state index contributed by atoms with van der Waals surface area (Å²) in [7, 11) is 3.00. The Morgan fingerprint density at radius 1 is 1.26 bits per heavy atom. The summed E-state index contributed by atoms with van der Waals surface area (Å²) in [6, 6.07) is 0. The average Bonchev–Trinajstić information content (AvgIpc) is 3.53. The zero-order chi connectivity index (χ0) is 22.0. The van der Waals surface area contributed by atoms with Crippen LogP contribution in [0.1, 0.15) is 18.9 Å². The molecule has 1 aliphatic rings. The second-order valence-electron chi connectivity index (χ2n) is 6.82. The van der Waals surface area contributed by atoms with Gasteiger partial charge in [0.05, 0.1) is 34.9 Å². The molecule has 1 unspecified atom stereocenters. The van der Waals surface area contributed by atoms with Gasteiger partial charge < -0.3 is 16.0 Å². The molecule has 0 bridgehead atoms. The standard InChI is InChI=1S/C19H22N8O3S/c1-4-27-17-12(8-24-27)16(25-14-9-31-10-23-14)11(7-22-17)13-5-19(30-26-13,18(29)21-3)6-15(28)20-2/h5,7-10,26H,4,6H2,1-3H3,(H,20,28)(H,21,29)(H,22,25). The molecule has 0 saturated heterocycles. The van der Waals surface area contributed by atoms with Crippen LogP contribution in [0.3, 0.4) is 0 Å². The highest BCUT2D eigenvalue weighted by Crippen LogP contribution is 2.36. The highest BCUT2D eigenvalue weighted by atomic mass is 32.1. The molecule has 0 radical (unpaired) electrons. The van der Waals surface area contributed by atoms with E-state index in [-0.39, 0.29) is 12.3 Å². The summed E-state index contributed by atoms with van der Waals surface area (Å²) in [5.74, 6) is -0.104. The van der Waals surface area contributed by atoms with Crippen molar-refractivity contribution < 1.29 is 14.4 Å². The molecular weight excluding hydrogens is 420 g/mol. The minimum Gasteiger partial charge on any atom is -0.359 e. The lowest BCUT2D eigenvalue weighted by molar-refractivity contribution is -0.148. The Balaban J connectivity index is 1.84. The van der Waals surface area contributed by atoms with Gasteiger partial charge in [-0.15, -0.1) is 11.3 Å². The minimum absolute atomic E-state index is 0.183. The number of pyridine rings is 1. The number of nitrogens with zero attached hydrogens (tertiary/aromatic N) is 4. The second kappa shape index (κ2) is 8.32. The summed E-state index contributed by atoms with van der Waals surface area (Å²) in [5.41, 5.74) is 5.63. The molecule has 4 rings (SSSR count). The number of carbonyl (C=O) groups is 2. The maximum atomic E-state index is 12.6. The number of hydrogen-bond acceptors (Lipinski definition) is 9. The molecule has 11 nitrogen and oxygen atoms in total. The van der Waals surface area contributed by atoms with Gasteiger partial charge in [0, 0.05) is 37.8 Å². The van der Waals surface area contributed by atoms with Crippen LogP contribution in [0.5, 0.6) is 0 Å². The lowest BCUT2D eigenvalue weighted by atomic mass is 9.95. The second-order valence-corrected chi connectivity index (χ2v) is 7.54. The summed E-state index contributed by atoms with van der Waals surface area (Å²) >= 11 is 1.47. The zero-order valence-corrected chi connectivity index (χ0v) is 18.0. The SMILES string of the molecule is CCn1ncc2c(Nc3cscn3)c(C3=CC(CC(=O)NC)(C(=O)NC)ON3)cnc21. The van der Waals surface area contributed by atoms with Gasteiger partial charge in [0.1, 0.15) is 5.82 Å². The number of hydroxylamine groups is 1. The van der Waals surface area contributed by atoms with Gasteiger partial charge in [-0.3, -0.25) is 19.9 Å². The Bertz CT molecular complexity index is 1160. The van der Waals surface area contributed by atoms with E-state index in [2.05, 4.69) is 36.5 Å². The molecule has 0 saturated carbocycles. The van der Waals surface area contributed by atoms with Crippen LogP contribution in [0, 0.1) is 0 Å². The van der Waals surface area contributed by atoms with Crippen molar-refractivity contribution in [3.05, 3.63) is 34.9 Å². The number of rotatable bonds is 7. The van der Waals surface area contributed by atoms with E-state index in [4.69, 9.17) is 4.84 Å². The Hall–Kier alpha value is -3.51. The zero-order valence-electron chi connectivity index (χ0n) is 17.2. The number of thiazole rings is 1. The Morgan fingerprint density at radius 3 is 2.77 bits per heavy atom. The van der Waals surface area contributed by atoms with E-state index in [0.717, 1.165) is 5.39 Å². The summed E-state index contributed by atoms with van der Waals surface area (Å²) < 4.78 is 1.79. The molecule has 4 N–H and O–H groups in total. The van der Waals surface area contributed by atoms with Gasteiger partial charge >= 0.3 is 0 Å². The van der Waals surface area contributed by atoms with E-state index in [0.29, 0.717) is 35.0 Å². The molecule has 2 amide bonds. The molecule has 31 heavy (non-hydrogen) atoms. The van der Waals surface area contributed by atoms with Gasteiger partial charge in [0.25, 0.3) is 5.91 Å². The molecule has 0 aromatic carbocycles. The van der Waals surface area contributed by atoms with Crippen molar-refractivity contribution >= 4 is 51.4 Å². The van der Waals surface area contributed by atoms with Crippen molar-refractivity contribution in [2.75, 3.05) is 19.4 Å². The third kappa shape index (κ3) is 3.70. The maximum absolute atomic E-state index is 12.6. The number of likely N-dealkylation sites (N-methyl/N-ethyl adjacent to an activating group) is 1. The molecule has 162 valence electrons. The van der Waals surface area contributed by atoms with E-state index < -0.39 is 11.5 Å². The number of aryl methyl sites for hydroxylation is 1. The summed E-state index contributed by atoms with van der Waals surface area (Å²) in [6.45, 7) is 2.66. The molecule has 1 aliphatic heterocycles. The molecule has 4 heterocycles. The highest BCUT2D eigenvalue weighted by molar-refractivity contribution is 7.07. The van der Waals surface area contributed by atoms with Gasteiger partial charge in [-0.2, -0.15) is 5.10 Å². The van der Waals surface area contributed by atoms with Crippen LogP contribution < -0.4 is 21.4 Å². The first-order valence-corrected chi connectivity index (χ1v) is 10.5. The molecule has 0 fully saturated rings. The number of aromatic nitrogens is 4. The predicted octanol–water partition coefficient (Wildman–Crippen LogP) is 1.15. The molecule has 3 aromatic rings. The summed E-state index contributed by atoms with van der Waals surface area (Å²) in [4.78, 5) is 39.2. The first-order valence-electron chi connectivity index (χ1n) is 9.61. The summed E-state index contributed by atoms with van der Waals surface area (Å²) in [6.07, 6.45) is 4.82. The third-order valence-electron chi connectivity index (χ3n) is 4.98.